The van der Waals surface area contributed by atoms with Gasteiger partial charge in [-0.25, -0.2) is 9.47 Å². The maximum atomic E-state index is 12.8. The standard InChI is InChI=1S/C19H23BrN4OS/c1-22-9-11-23(12-10-22)24-17-4-2-3-16(17)18(21-19(24)25)26-13-14-5-7-15(20)8-6-14/h5-8H,2-4,9-13H2,1H3. The zero-order valence-corrected chi connectivity index (χ0v) is 17.4. The third kappa shape index (κ3) is 3.70. The van der Waals surface area contributed by atoms with Crippen LogP contribution >= 0.6 is 27.7 Å². The molecule has 0 unspecified atom stereocenters. The van der Waals surface area contributed by atoms with Crippen molar-refractivity contribution in [1.29, 1.82) is 0 Å². The van der Waals surface area contributed by atoms with Crippen LogP contribution in [0, 0.1) is 0 Å². The Bertz CT molecular complexity index is 844. The Morgan fingerprint density at radius 3 is 2.58 bits per heavy atom. The van der Waals surface area contributed by atoms with Gasteiger partial charge in [0.25, 0.3) is 0 Å². The van der Waals surface area contributed by atoms with Crippen LogP contribution in [0.5, 0.6) is 0 Å². The van der Waals surface area contributed by atoms with Crippen molar-refractivity contribution >= 4 is 27.7 Å². The van der Waals surface area contributed by atoms with Gasteiger partial charge in [-0.1, -0.05) is 28.1 Å². The normalized spacial score (nSPS) is 17.5. The van der Waals surface area contributed by atoms with Crippen molar-refractivity contribution in [2.24, 2.45) is 0 Å². The summed E-state index contributed by atoms with van der Waals surface area (Å²) in [7, 11) is 2.13. The Hall–Kier alpha value is -1.31. The van der Waals surface area contributed by atoms with Gasteiger partial charge in [-0.05, 0) is 44.0 Å². The number of halogens is 1. The van der Waals surface area contributed by atoms with Crippen LogP contribution in [0.2, 0.25) is 0 Å². The molecule has 1 aliphatic heterocycles. The van der Waals surface area contributed by atoms with E-state index in [2.05, 4.69) is 62.1 Å². The molecule has 0 bridgehead atoms. The number of piperazine rings is 1. The summed E-state index contributed by atoms with van der Waals surface area (Å²) in [5.74, 6) is 0.838. The van der Waals surface area contributed by atoms with Crippen LogP contribution in [-0.4, -0.2) is 47.8 Å². The Labute approximate surface area is 166 Å². The number of benzene rings is 1. The lowest BCUT2D eigenvalue weighted by atomic mass is 10.2. The highest BCUT2D eigenvalue weighted by atomic mass is 79.9. The molecule has 0 saturated carbocycles. The van der Waals surface area contributed by atoms with E-state index in [1.807, 2.05) is 4.68 Å². The summed E-state index contributed by atoms with van der Waals surface area (Å²) in [4.78, 5) is 19.6. The highest BCUT2D eigenvalue weighted by molar-refractivity contribution is 9.10. The Morgan fingerprint density at radius 1 is 1.12 bits per heavy atom. The van der Waals surface area contributed by atoms with Crippen LogP contribution in [-0.2, 0) is 18.6 Å². The second-order valence-electron chi connectivity index (χ2n) is 6.96. The van der Waals surface area contributed by atoms with E-state index >= 15 is 0 Å². The molecule has 1 saturated heterocycles. The molecule has 138 valence electrons. The third-order valence-corrected chi connectivity index (χ3v) is 6.75. The average molecular weight is 435 g/mol. The van der Waals surface area contributed by atoms with Crippen LogP contribution in [0.25, 0.3) is 0 Å². The van der Waals surface area contributed by atoms with Gasteiger partial charge in [-0.2, -0.15) is 4.98 Å². The molecule has 5 nitrogen and oxygen atoms in total. The lowest BCUT2D eigenvalue weighted by molar-refractivity contribution is 0.282. The smallest absolute Gasteiger partial charge is 0.306 e. The first kappa shape index (κ1) is 18.1. The van der Waals surface area contributed by atoms with Crippen LogP contribution in [0.3, 0.4) is 0 Å². The summed E-state index contributed by atoms with van der Waals surface area (Å²) in [5.41, 5.74) is 3.60. The molecular formula is C19H23BrN4OS. The van der Waals surface area contributed by atoms with Gasteiger partial charge >= 0.3 is 5.69 Å². The van der Waals surface area contributed by atoms with E-state index in [1.54, 1.807) is 11.8 Å². The quantitative estimate of drug-likeness (QED) is 0.546. The van der Waals surface area contributed by atoms with Crippen molar-refractivity contribution in [3.05, 3.63) is 56.0 Å². The van der Waals surface area contributed by atoms with Crippen molar-refractivity contribution in [1.82, 2.24) is 14.6 Å². The zero-order chi connectivity index (χ0) is 18.1. The second-order valence-corrected chi connectivity index (χ2v) is 8.84. The number of rotatable bonds is 4. The fourth-order valence-corrected chi connectivity index (χ4v) is 4.95. The third-order valence-electron chi connectivity index (χ3n) is 5.13. The van der Waals surface area contributed by atoms with Gasteiger partial charge in [-0.3, -0.25) is 0 Å². The first-order valence-electron chi connectivity index (χ1n) is 9.07. The summed E-state index contributed by atoms with van der Waals surface area (Å²) in [6, 6.07) is 8.34. The van der Waals surface area contributed by atoms with E-state index in [9.17, 15) is 4.79 Å². The predicted molar refractivity (Wildman–Crippen MR) is 110 cm³/mol. The Morgan fingerprint density at radius 2 is 1.85 bits per heavy atom. The number of aromatic nitrogens is 2. The van der Waals surface area contributed by atoms with Gasteiger partial charge in [0, 0.05) is 42.0 Å². The molecule has 0 radical (unpaired) electrons. The lowest BCUT2D eigenvalue weighted by Gasteiger charge is -2.35. The lowest BCUT2D eigenvalue weighted by Crippen LogP contribution is -2.54. The van der Waals surface area contributed by atoms with Crippen LogP contribution < -0.4 is 10.7 Å². The summed E-state index contributed by atoms with van der Waals surface area (Å²) in [6.45, 7) is 3.74. The topological polar surface area (TPSA) is 41.4 Å². The van der Waals surface area contributed by atoms with Crippen molar-refractivity contribution in [2.75, 3.05) is 38.2 Å². The van der Waals surface area contributed by atoms with Gasteiger partial charge < -0.3 is 9.91 Å². The fourth-order valence-electron chi connectivity index (χ4n) is 3.65. The predicted octanol–water partition coefficient (Wildman–Crippen LogP) is 2.67. The van der Waals surface area contributed by atoms with Crippen LogP contribution in [0.1, 0.15) is 23.2 Å². The monoisotopic (exact) mass is 434 g/mol. The molecule has 2 heterocycles. The van der Waals surface area contributed by atoms with Crippen LogP contribution in [0.4, 0.5) is 0 Å². The minimum absolute atomic E-state index is 0.117. The number of thioether (sulfide) groups is 1. The summed E-state index contributed by atoms with van der Waals surface area (Å²) >= 11 is 5.16. The molecule has 26 heavy (non-hydrogen) atoms. The number of likely N-dealkylation sites (N-methyl/N-ethyl adjacent to an activating group) is 1. The maximum absolute atomic E-state index is 12.8. The molecular weight excluding hydrogens is 412 g/mol. The van der Waals surface area contributed by atoms with Crippen molar-refractivity contribution in [2.45, 2.75) is 30.0 Å². The summed E-state index contributed by atoms with van der Waals surface area (Å²) in [6.07, 6.45) is 3.12. The first-order chi connectivity index (χ1) is 12.6. The number of hydrogen-bond acceptors (Lipinski definition) is 5. The molecule has 1 fully saturated rings. The summed E-state index contributed by atoms with van der Waals surface area (Å²) in [5, 5.41) is 3.11. The molecule has 2 aromatic rings. The van der Waals surface area contributed by atoms with Gasteiger partial charge in [0.2, 0.25) is 0 Å². The second kappa shape index (κ2) is 7.74. The first-order valence-corrected chi connectivity index (χ1v) is 10.9. The number of nitrogens with zero attached hydrogens (tertiary/aromatic N) is 4. The van der Waals surface area contributed by atoms with Gasteiger partial charge in [0.15, 0.2) is 0 Å². The van der Waals surface area contributed by atoms with E-state index in [0.717, 1.165) is 60.7 Å². The Balaban J connectivity index is 1.59. The van der Waals surface area contributed by atoms with E-state index < -0.39 is 0 Å². The molecule has 1 aliphatic carbocycles. The van der Waals surface area contributed by atoms with Gasteiger partial charge in [0.1, 0.15) is 5.03 Å². The van der Waals surface area contributed by atoms with E-state index in [-0.39, 0.29) is 5.69 Å². The molecule has 4 rings (SSSR count). The molecule has 0 spiro atoms. The highest BCUT2D eigenvalue weighted by Gasteiger charge is 2.26. The Kier molecular flexibility index (Phi) is 5.38. The van der Waals surface area contributed by atoms with E-state index in [0.29, 0.717) is 0 Å². The highest BCUT2D eigenvalue weighted by Crippen LogP contribution is 2.31. The molecule has 1 aromatic heterocycles. The minimum Gasteiger partial charge on any atom is -0.306 e. The van der Waals surface area contributed by atoms with Crippen molar-refractivity contribution in [3.63, 3.8) is 0 Å². The van der Waals surface area contributed by atoms with E-state index in [1.165, 1.54) is 16.8 Å². The molecule has 0 amide bonds. The zero-order valence-electron chi connectivity index (χ0n) is 14.9. The van der Waals surface area contributed by atoms with Crippen LogP contribution in [0.15, 0.2) is 38.6 Å². The molecule has 7 heteroatoms. The minimum atomic E-state index is -0.117. The largest absolute Gasteiger partial charge is 0.367 e. The van der Waals surface area contributed by atoms with E-state index in [4.69, 9.17) is 0 Å². The van der Waals surface area contributed by atoms with Crippen molar-refractivity contribution < 1.29 is 0 Å². The SMILES string of the molecule is CN1CCN(n2c3c(c(SCc4ccc(Br)cc4)nc2=O)CCC3)CC1. The van der Waals surface area contributed by atoms with Gasteiger partial charge in [-0.15, -0.1) is 11.8 Å². The van der Waals surface area contributed by atoms with Gasteiger partial charge in [0.05, 0.1) is 5.69 Å². The maximum Gasteiger partial charge on any atom is 0.367 e. The molecule has 0 N–H and O–H groups in total. The average Bonchev–Trinajstić information content (AvgIpc) is 3.12. The molecule has 0 atom stereocenters. The van der Waals surface area contributed by atoms with Crippen molar-refractivity contribution in [3.8, 4) is 0 Å². The summed E-state index contributed by atoms with van der Waals surface area (Å²) < 4.78 is 2.96. The number of hydrogen-bond donors (Lipinski definition) is 0. The fraction of sp³-hybridized carbons (Fsp3) is 0.474. The molecule has 1 aromatic carbocycles. The molecule has 2 aliphatic rings. The number of fused-ring (bicyclic) bond motifs is 1.